The Morgan fingerprint density at radius 3 is 2.71 bits per heavy atom. The van der Waals surface area contributed by atoms with E-state index < -0.39 is 10.0 Å². The molecule has 0 radical (unpaired) electrons. The summed E-state index contributed by atoms with van der Waals surface area (Å²) in [5.41, 5.74) is 8.08. The normalized spacial score (nSPS) is 11.6. The number of aromatic amines is 1. The molecule has 4 N–H and O–H groups in total. The van der Waals surface area contributed by atoms with E-state index in [1.807, 2.05) is 18.2 Å². The van der Waals surface area contributed by atoms with Gasteiger partial charge in [-0.3, -0.25) is 9.82 Å². The molecule has 0 aliphatic heterocycles. The van der Waals surface area contributed by atoms with Crippen LogP contribution in [-0.4, -0.2) is 25.2 Å². The molecule has 0 aliphatic rings. The number of nitrogens with zero attached hydrogens (tertiary/aromatic N) is 1. The molecule has 0 aliphatic carbocycles. The third-order valence-corrected chi connectivity index (χ3v) is 4.82. The second-order valence-corrected chi connectivity index (χ2v) is 6.58. The lowest BCUT2D eigenvalue weighted by molar-refractivity contribution is 0.600. The highest BCUT2D eigenvalue weighted by Gasteiger charge is 2.22. The van der Waals surface area contributed by atoms with Gasteiger partial charge in [-0.2, -0.15) is 5.10 Å². The number of hydrogen-bond acceptors (Lipinski definition) is 4. The summed E-state index contributed by atoms with van der Waals surface area (Å²) in [7, 11) is -3.64. The topological polar surface area (TPSA) is 101 Å². The Hall–Kier alpha value is -1.86. The minimum absolute atomic E-state index is 0.204. The molecule has 1 aromatic heterocycles. The van der Waals surface area contributed by atoms with Crippen LogP contribution in [0.2, 0.25) is 0 Å². The summed E-state index contributed by atoms with van der Waals surface area (Å²) < 4.78 is 27.5. The molecule has 6 nitrogen and oxygen atoms in total. The van der Waals surface area contributed by atoms with Crippen molar-refractivity contribution in [3.05, 3.63) is 41.2 Å². The van der Waals surface area contributed by atoms with Crippen molar-refractivity contribution in [2.24, 2.45) is 5.73 Å². The Balaban J connectivity index is 2.25. The van der Waals surface area contributed by atoms with E-state index in [2.05, 4.69) is 14.9 Å². The number of hydrogen-bond donors (Lipinski definition) is 3. The molecule has 114 valence electrons. The third-order valence-electron chi connectivity index (χ3n) is 3.18. The molecule has 0 bridgehead atoms. The zero-order valence-corrected chi connectivity index (χ0v) is 13.0. The Bertz CT molecular complexity index is 703. The van der Waals surface area contributed by atoms with Crippen molar-refractivity contribution in [3.8, 4) is 0 Å². The summed E-state index contributed by atoms with van der Waals surface area (Å²) in [6.07, 6.45) is 1.70. The van der Waals surface area contributed by atoms with Gasteiger partial charge >= 0.3 is 0 Å². The second-order valence-electron chi connectivity index (χ2n) is 4.96. The van der Waals surface area contributed by atoms with Crippen LogP contribution in [0.1, 0.15) is 23.4 Å². The molecule has 7 heteroatoms. The molecule has 2 aromatic rings. The number of sulfonamides is 1. The van der Waals surface area contributed by atoms with Gasteiger partial charge in [0.15, 0.2) is 0 Å². The highest BCUT2D eigenvalue weighted by Crippen LogP contribution is 2.21. The van der Waals surface area contributed by atoms with Crippen LogP contribution in [-0.2, 0) is 16.4 Å². The van der Waals surface area contributed by atoms with Crippen molar-refractivity contribution in [2.45, 2.75) is 31.6 Å². The van der Waals surface area contributed by atoms with Gasteiger partial charge in [-0.05, 0) is 50.9 Å². The molecule has 21 heavy (non-hydrogen) atoms. The van der Waals surface area contributed by atoms with Gasteiger partial charge in [0.05, 0.1) is 11.4 Å². The first-order valence-corrected chi connectivity index (χ1v) is 8.26. The number of H-pyrrole nitrogens is 1. The van der Waals surface area contributed by atoms with Crippen molar-refractivity contribution in [1.82, 2.24) is 10.2 Å². The number of rotatable bonds is 6. The molecule has 0 atom stereocenters. The Labute approximate surface area is 124 Å². The molecule has 0 fully saturated rings. The molecule has 1 heterocycles. The van der Waals surface area contributed by atoms with E-state index in [4.69, 9.17) is 5.73 Å². The largest absolute Gasteiger partial charge is 0.330 e. The van der Waals surface area contributed by atoms with Crippen LogP contribution >= 0.6 is 0 Å². The van der Waals surface area contributed by atoms with Gasteiger partial charge in [0.25, 0.3) is 10.0 Å². The summed E-state index contributed by atoms with van der Waals surface area (Å²) in [6, 6.07) is 7.35. The van der Waals surface area contributed by atoms with Crippen molar-refractivity contribution in [1.29, 1.82) is 0 Å². The average Bonchev–Trinajstić information content (AvgIpc) is 2.76. The fourth-order valence-corrected chi connectivity index (χ4v) is 3.66. The quantitative estimate of drug-likeness (QED) is 0.756. The van der Waals surface area contributed by atoms with Crippen LogP contribution in [0.4, 0.5) is 5.69 Å². The lowest BCUT2D eigenvalue weighted by atomic mass is 10.1. The smallest absolute Gasteiger partial charge is 0.265 e. The van der Waals surface area contributed by atoms with E-state index in [-0.39, 0.29) is 4.90 Å². The first-order valence-electron chi connectivity index (χ1n) is 6.77. The van der Waals surface area contributed by atoms with Crippen LogP contribution < -0.4 is 10.5 Å². The molecule has 0 spiro atoms. The minimum atomic E-state index is -3.64. The molecule has 0 saturated carbocycles. The number of nitrogens with one attached hydrogen (secondary N) is 2. The molecular weight excluding hydrogens is 288 g/mol. The van der Waals surface area contributed by atoms with E-state index in [0.29, 0.717) is 23.6 Å². The van der Waals surface area contributed by atoms with Crippen LogP contribution in [0.5, 0.6) is 0 Å². The zero-order valence-electron chi connectivity index (χ0n) is 12.2. The maximum Gasteiger partial charge on any atom is 0.265 e. The lowest BCUT2D eigenvalue weighted by Crippen LogP contribution is -2.14. The SMILES string of the molecule is Cc1n[nH]c(C)c1S(=O)(=O)Nc1cccc(CCCN)c1. The Kier molecular flexibility index (Phi) is 4.64. The van der Waals surface area contributed by atoms with Crippen molar-refractivity contribution >= 4 is 15.7 Å². The molecule has 2 rings (SSSR count). The van der Waals surface area contributed by atoms with Gasteiger partial charge in [-0.1, -0.05) is 12.1 Å². The van der Waals surface area contributed by atoms with Crippen molar-refractivity contribution in [2.75, 3.05) is 11.3 Å². The van der Waals surface area contributed by atoms with Crippen molar-refractivity contribution < 1.29 is 8.42 Å². The number of benzene rings is 1. The monoisotopic (exact) mass is 308 g/mol. The van der Waals surface area contributed by atoms with Crippen LogP contribution in [0.15, 0.2) is 29.2 Å². The van der Waals surface area contributed by atoms with Gasteiger partial charge in [-0.25, -0.2) is 8.42 Å². The minimum Gasteiger partial charge on any atom is -0.330 e. The summed E-state index contributed by atoms with van der Waals surface area (Å²) in [5, 5.41) is 6.61. The predicted molar refractivity (Wildman–Crippen MR) is 82.7 cm³/mol. The lowest BCUT2D eigenvalue weighted by Gasteiger charge is -2.09. The Morgan fingerprint density at radius 1 is 1.33 bits per heavy atom. The number of aryl methyl sites for hydroxylation is 3. The number of nitrogens with two attached hydrogens (primary N) is 1. The van der Waals surface area contributed by atoms with Crippen molar-refractivity contribution in [3.63, 3.8) is 0 Å². The van der Waals surface area contributed by atoms with Gasteiger partial charge in [0.2, 0.25) is 0 Å². The number of aromatic nitrogens is 2. The fourth-order valence-electron chi connectivity index (χ4n) is 2.24. The standard InChI is InChI=1S/C14H20N4O2S/c1-10-14(11(2)17-16-10)21(19,20)18-13-7-3-5-12(9-13)6-4-8-15/h3,5,7,9,18H,4,6,8,15H2,1-2H3,(H,16,17). The average molecular weight is 308 g/mol. The van der Waals surface area contributed by atoms with E-state index in [1.165, 1.54) is 0 Å². The summed E-state index contributed by atoms with van der Waals surface area (Å²) in [4.78, 5) is 0.204. The first-order chi connectivity index (χ1) is 9.94. The molecule has 0 unspecified atom stereocenters. The zero-order chi connectivity index (χ0) is 15.5. The van der Waals surface area contributed by atoms with Crippen LogP contribution in [0.3, 0.4) is 0 Å². The van der Waals surface area contributed by atoms with E-state index in [9.17, 15) is 8.42 Å². The van der Waals surface area contributed by atoms with Crippen LogP contribution in [0.25, 0.3) is 0 Å². The maximum absolute atomic E-state index is 12.4. The fraction of sp³-hybridized carbons (Fsp3) is 0.357. The maximum atomic E-state index is 12.4. The molecule has 0 saturated heterocycles. The van der Waals surface area contributed by atoms with E-state index >= 15 is 0 Å². The summed E-state index contributed by atoms with van der Waals surface area (Å²) in [6.45, 7) is 3.96. The van der Waals surface area contributed by atoms with Gasteiger partial charge in [0, 0.05) is 5.69 Å². The molecule has 0 amide bonds. The second kappa shape index (κ2) is 6.28. The van der Waals surface area contributed by atoms with E-state index in [0.717, 1.165) is 18.4 Å². The first kappa shape index (κ1) is 15.5. The van der Waals surface area contributed by atoms with Gasteiger partial charge in [-0.15, -0.1) is 0 Å². The van der Waals surface area contributed by atoms with Gasteiger partial charge in [0.1, 0.15) is 4.90 Å². The summed E-state index contributed by atoms with van der Waals surface area (Å²) >= 11 is 0. The van der Waals surface area contributed by atoms with Crippen LogP contribution in [0, 0.1) is 13.8 Å². The van der Waals surface area contributed by atoms with E-state index in [1.54, 1.807) is 19.9 Å². The Morgan fingerprint density at radius 2 is 2.10 bits per heavy atom. The number of anilines is 1. The molecule has 1 aromatic carbocycles. The highest BCUT2D eigenvalue weighted by molar-refractivity contribution is 7.92. The summed E-state index contributed by atoms with van der Waals surface area (Å²) in [5.74, 6) is 0. The predicted octanol–water partition coefficient (Wildman–Crippen LogP) is 1.72. The highest BCUT2D eigenvalue weighted by atomic mass is 32.2. The third kappa shape index (κ3) is 3.62. The molecular formula is C14H20N4O2S. The van der Waals surface area contributed by atoms with Gasteiger partial charge < -0.3 is 5.73 Å².